The summed E-state index contributed by atoms with van der Waals surface area (Å²) in [6.07, 6.45) is 8.49. The maximum absolute atomic E-state index is 9.78. The summed E-state index contributed by atoms with van der Waals surface area (Å²) < 4.78 is 0. The van der Waals surface area contributed by atoms with Crippen LogP contribution >= 0.6 is 0 Å². The van der Waals surface area contributed by atoms with E-state index < -0.39 is 0 Å². The highest BCUT2D eigenvalue weighted by molar-refractivity contribution is 5.91. The van der Waals surface area contributed by atoms with Gasteiger partial charge in [-0.3, -0.25) is 0 Å². The Kier molecular flexibility index (Phi) is 6.35. The average Bonchev–Trinajstić information content (AvgIpc) is 3.11. The Morgan fingerprint density at radius 3 is 1.85 bits per heavy atom. The predicted octanol–water partition coefficient (Wildman–Crippen LogP) is 10.0. The molecule has 4 aliphatic carbocycles. The predicted molar refractivity (Wildman–Crippen MR) is 184 cm³/mol. The van der Waals surface area contributed by atoms with Gasteiger partial charge in [0.15, 0.2) is 17.5 Å². The smallest absolute Gasteiger partial charge is 0.164 e. The van der Waals surface area contributed by atoms with Crippen LogP contribution in [0, 0.1) is 29.1 Å². The molecule has 10 rings (SSSR count). The van der Waals surface area contributed by atoms with E-state index in [2.05, 4.69) is 54.6 Å². The van der Waals surface area contributed by atoms with Crippen molar-refractivity contribution < 1.29 is 0 Å². The van der Waals surface area contributed by atoms with Gasteiger partial charge in [-0.15, -0.1) is 0 Å². The zero-order chi connectivity index (χ0) is 30.7. The third-order valence-corrected chi connectivity index (χ3v) is 10.9. The zero-order valence-electron chi connectivity index (χ0n) is 25.7. The van der Waals surface area contributed by atoms with E-state index in [0.717, 1.165) is 50.8 Å². The molecule has 4 heteroatoms. The number of hydrogen-bond acceptors (Lipinski definition) is 4. The molecular formula is C42H34N4. The van der Waals surface area contributed by atoms with Gasteiger partial charge in [-0.1, -0.05) is 103 Å². The highest BCUT2D eigenvalue weighted by Crippen LogP contribution is 2.60. The molecule has 1 heterocycles. The molecule has 6 aromatic rings. The van der Waals surface area contributed by atoms with Gasteiger partial charge in [0, 0.05) is 22.1 Å². The lowest BCUT2D eigenvalue weighted by molar-refractivity contribution is -0.00518. The lowest BCUT2D eigenvalue weighted by Crippen LogP contribution is -2.48. The van der Waals surface area contributed by atoms with Crippen molar-refractivity contribution in [3.05, 3.63) is 126 Å². The van der Waals surface area contributed by atoms with Crippen molar-refractivity contribution in [2.75, 3.05) is 0 Å². The average molecular weight is 595 g/mol. The zero-order valence-corrected chi connectivity index (χ0v) is 25.7. The number of rotatable bonds is 5. The number of benzene rings is 5. The Hall–Kier alpha value is -5.14. The van der Waals surface area contributed by atoms with Gasteiger partial charge in [0.25, 0.3) is 0 Å². The van der Waals surface area contributed by atoms with Gasteiger partial charge in [-0.2, -0.15) is 5.26 Å². The van der Waals surface area contributed by atoms with Crippen LogP contribution in [0.1, 0.15) is 49.7 Å². The molecule has 5 aromatic carbocycles. The van der Waals surface area contributed by atoms with E-state index in [1.165, 1.54) is 49.7 Å². The maximum Gasteiger partial charge on any atom is 0.164 e. The third-order valence-electron chi connectivity index (χ3n) is 10.9. The fourth-order valence-electron chi connectivity index (χ4n) is 9.25. The van der Waals surface area contributed by atoms with Crippen molar-refractivity contribution >= 4 is 10.8 Å². The molecule has 4 saturated carbocycles. The van der Waals surface area contributed by atoms with E-state index >= 15 is 0 Å². The lowest BCUT2D eigenvalue weighted by Gasteiger charge is -2.57. The molecular weight excluding hydrogens is 560 g/mol. The van der Waals surface area contributed by atoms with Crippen LogP contribution in [0.5, 0.6) is 0 Å². The number of nitriles is 1. The van der Waals surface area contributed by atoms with Crippen molar-refractivity contribution in [1.29, 1.82) is 5.26 Å². The molecule has 4 aliphatic rings. The molecule has 0 amide bonds. The summed E-state index contributed by atoms with van der Waals surface area (Å²) in [6, 6.07) is 42.2. The SMILES string of the molecule is N#Cc1cccc2ccc(-c3nc(-c4ccccc4)nc(-c4ccccc4-c4ccc(C56C[C@H]7C[C@H](C5)C[C@@H](C6)C7)cc4)n3)cc12. The van der Waals surface area contributed by atoms with Gasteiger partial charge < -0.3 is 0 Å². The topological polar surface area (TPSA) is 62.5 Å². The van der Waals surface area contributed by atoms with E-state index in [4.69, 9.17) is 15.0 Å². The number of aromatic nitrogens is 3. The summed E-state index contributed by atoms with van der Waals surface area (Å²) in [5, 5.41) is 11.7. The van der Waals surface area contributed by atoms with Gasteiger partial charge in [-0.05, 0) is 95.9 Å². The largest absolute Gasteiger partial charge is 0.208 e. The van der Waals surface area contributed by atoms with Crippen LogP contribution in [-0.2, 0) is 5.41 Å². The lowest BCUT2D eigenvalue weighted by atomic mass is 9.48. The van der Waals surface area contributed by atoms with Gasteiger partial charge >= 0.3 is 0 Å². The van der Waals surface area contributed by atoms with E-state index in [-0.39, 0.29) is 0 Å². The monoisotopic (exact) mass is 594 g/mol. The molecule has 0 radical (unpaired) electrons. The molecule has 0 unspecified atom stereocenters. The number of nitrogens with zero attached hydrogens (tertiary/aromatic N) is 4. The molecule has 4 nitrogen and oxygen atoms in total. The summed E-state index contributed by atoms with van der Waals surface area (Å²) in [7, 11) is 0. The highest BCUT2D eigenvalue weighted by atomic mass is 15.0. The molecule has 222 valence electrons. The summed E-state index contributed by atoms with van der Waals surface area (Å²) >= 11 is 0. The third kappa shape index (κ3) is 4.62. The van der Waals surface area contributed by atoms with Crippen LogP contribution in [0.3, 0.4) is 0 Å². The van der Waals surface area contributed by atoms with Crippen LogP contribution in [0.4, 0.5) is 0 Å². The summed E-state index contributed by atoms with van der Waals surface area (Å²) in [5.74, 6) is 4.64. The Morgan fingerprint density at radius 2 is 1.15 bits per heavy atom. The van der Waals surface area contributed by atoms with Crippen LogP contribution in [0.25, 0.3) is 56.1 Å². The van der Waals surface area contributed by atoms with Gasteiger partial charge in [0.2, 0.25) is 0 Å². The fourth-order valence-corrected chi connectivity index (χ4v) is 9.25. The van der Waals surface area contributed by atoms with Crippen molar-refractivity contribution in [1.82, 2.24) is 15.0 Å². The molecule has 0 N–H and O–H groups in total. The minimum absolute atomic E-state index is 0.381. The summed E-state index contributed by atoms with van der Waals surface area (Å²) in [5.41, 5.74) is 7.61. The number of hydrogen-bond donors (Lipinski definition) is 0. The highest BCUT2D eigenvalue weighted by Gasteiger charge is 2.51. The van der Waals surface area contributed by atoms with Gasteiger partial charge in [0.1, 0.15) is 0 Å². The van der Waals surface area contributed by atoms with Crippen molar-refractivity contribution in [2.45, 2.75) is 43.9 Å². The Balaban J connectivity index is 1.15. The normalized spacial score (nSPS) is 23.0. The molecule has 0 spiro atoms. The Labute approximate surface area is 269 Å². The van der Waals surface area contributed by atoms with E-state index in [1.54, 1.807) is 0 Å². The second-order valence-corrected chi connectivity index (χ2v) is 13.8. The quantitative estimate of drug-likeness (QED) is 0.199. The second-order valence-electron chi connectivity index (χ2n) is 13.8. The fraction of sp³-hybridized carbons (Fsp3) is 0.238. The molecule has 0 atom stereocenters. The van der Waals surface area contributed by atoms with E-state index in [9.17, 15) is 5.26 Å². The standard InChI is InChI=1S/C42H34N4/c43-26-34-10-6-9-30-13-14-33(22-38(30)34)40-44-39(32-7-2-1-3-8-32)45-41(46-40)37-12-5-4-11-36(37)31-15-17-35(18-16-31)42-23-27-19-28(24-42)21-29(20-27)25-42/h1-18,22,27-29H,19-21,23-25H2/t27-,28-,29-,42?. The molecule has 0 aliphatic heterocycles. The Bertz CT molecular complexity index is 2110. The summed E-state index contributed by atoms with van der Waals surface area (Å²) in [4.78, 5) is 15.1. The van der Waals surface area contributed by atoms with Crippen molar-refractivity contribution in [3.8, 4) is 51.4 Å². The molecule has 0 saturated heterocycles. The molecule has 1 aromatic heterocycles. The maximum atomic E-state index is 9.78. The molecule has 4 bridgehead atoms. The van der Waals surface area contributed by atoms with E-state index in [1.807, 2.05) is 66.7 Å². The van der Waals surface area contributed by atoms with Crippen molar-refractivity contribution in [2.24, 2.45) is 17.8 Å². The van der Waals surface area contributed by atoms with Crippen molar-refractivity contribution in [3.63, 3.8) is 0 Å². The number of fused-ring (bicyclic) bond motifs is 1. The van der Waals surface area contributed by atoms with Crippen LogP contribution in [0.2, 0.25) is 0 Å². The first-order chi connectivity index (χ1) is 22.6. The minimum Gasteiger partial charge on any atom is -0.208 e. The first-order valence-electron chi connectivity index (χ1n) is 16.6. The Morgan fingerprint density at radius 1 is 0.543 bits per heavy atom. The second kappa shape index (κ2) is 10.7. The van der Waals surface area contributed by atoms with Gasteiger partial charge in [-0.25, -0.2) is 15.0 Å². The van der Waals surface area contributed by atoms with Crippen LogP contribution in [0.15, 0.2) is 115 Å². The first kappa shape index (κ1) is 27.2. The first-order valence-corrected chi connectivity index (χ1v) is 16.6. The van der Waals surface area contributed by atoms with E-state index in [0.29, 0.717) is 28.5 Å². The van der Waals surface area contributed by atoms with Crippen LogP contribution < -0.4 is 0 Å². The molecule has 4 fully saturated rings. The van der Waals surface area contributed by atoms with Gasteiger partial charge in [0.05, 0.1) is 11.6 Å². The minimum atomic E-state index is 0.381. The molecule has 46 heavy (non-hydrogen) atoms. The van der Waals surface area contributed by atoms with Crippen LogP contribution in [-0.4, -0.2) is 15.0 Å². The summed E-state index contributed by atoms with van der Waals surface area (Å²) in [6.45, 7) is 0.